The SMILES string of the molecule is CCc1c(N)nnn1Cc1nnc(-c2cccs2)o1. The zero-order valence-corrected chi connectivity index (χ0v) is 11.1. The first-order valence-corrected chi connectivity index (χ1v) is 6.70. The number of thiophene rings is 1. The summed E-state index contributed by atoms with van der Waals surface area (Å²) in [7, 11) is 0. The molecular formula is C11H12N6OS. The Hall–Kier alpha value is -2.22. The van der Waals surface area contributed by atoms with Gasteiger partial charge in [0.1, 0.15) is 6.54 Å². The molecule has 0 aliphatic rings. The molecule has 3 rings (SSSR count). The topological polar surface area (TPSA) is 95.7 Å². The molecule has 8 heteroatoms. The van der Waals surface area contributed by atoms with Crippen LogP contribution in [0.25, 0.3) is 10.8 Å². The molecule has 0 aromatic carbocycles. The van der Waals surface area contributed by atoms with Crippen LogP contribution in [0.1, 0.15) is 18.5 Å². The molecule has 0 unspecified atom stereocenters. The first-order chi connectivity index (χ1) is 9.28. The molecule has 0 radical (unpaired) electrons. The summed E-state index contributed by atoms with van der Waals surface area (Å²) in [5.41, 5.74) is 6.60. The van der Waals surface area contributed by atoms with Gasteiger partial charge in [-0.3, -0.25) is 0 Å². The van der Waals surface area contributed by atoms with Crippen LogP contribution in [0.2, 0.25) is 0 Å². The summed E-state index contributed by atoms with van der Waals surface area (Å²) in [6.07, 6.45) is 0.755. The van der Waals surface area contributed by atoms with Crippen molar-refractivity contribution in [3.05, 3.63) is 29.1 Å². The molecule has 3 aromatic rings. The molecule has 0 saturated heterocycles. The Bertz CT molecular complexity index is 671. The van der Waals surface area contributed by atoms with Gasteiger partial charge < -0.3 is 10.2 Å². The largest absolute Gasteiger partial charge is 0.418 e. The van der Waals surface area contributed by atoms with E-state index in [2.05, 4.69) is 20.5 Å². The minimum Gasteiger partial charge on any atom is -0.418 e. The molecule has 0 fully saturated rings. The van der Waals surface area contributed by atoms with Gasteiger partial charge in [-0.2, -0.15) is 0 Å². The van der Waals surface area contributed by atoms with Crippen molar-refractivity contribution in [2.24, 2.45) is 0 Å². The number of nitrogen functional groups attached to an aromatic ring is 1. The number of aromatic nitrogens is 5. The van der Waals surface area contributed by atoms with E-state index in [9.17, 15) is 0 Å². The standard InChI is InChI=1S/C11H12N6OS/c1-2-7-10(12)14-16-17(7)6-9-13-15-11(18-9)8-4-3-5-19-8/h3-5H,2,6,12H2,1H3. The van der Waals surface area contributed by atoms with Crippen molar-refractivity contribution in [3.8, 4) is 10.8 Å². The van der Waals surface area contributed by atoms with Crippen LogP contribution in [0.3, 0.4) is 0 Å². The molecular weight excluding hydrogens is 264 g/mol. The van der Waals surface area contributed by atoms with Crippen LogP contribution in [0.5, 0.6) is 0 Å². The Morgan fingerprint density at radius 1 is 1.37 bits per heavy atom. The summed E-state index contributed by atoms with van der Waals surface area (Å²) in [6.45, 7) is 2.38. The van der Waals surface area contributed by atoms with Crippen LogP contribution < -0.4 is 5.73 Å². The summed E-state index contributed by atoms with van der Waals surface area (Å²) in [6, 6.07) is 3.88. The minimum absolute atomic E-state index is 0.381. The molecule has 0 bridgehead atoms. The van der Waals surface area contributed by atoms with E-state index in [0.29, 0.717) is 24.1 Å². The lowest BCUT2D eigenvalue weighted by atomic mass is 10.3. The van der Waals surface area contributed by atoms with E-state index in [0.717, 1.165) is 17.0 Å². The number of rotatable bonds is 4. The third kappa shape index (κ3) is 2.22. The number of hydrogen-bond donors (Lipinski definition) is 1. The van der Waals surface area contributed by atoms with Crippen LogP contribution in [0.15, 0.2) is 21.9 Å². The van der Waals surface area contributed by atoms with Crippen molar-refractivity contribution < 1.29 is 4.42 Å². The molecule has 3 heterocycles. The van der Waals surface area contributed by atoms with Crippen molar-refractivity contribution in [2.75, 3.05) is 5.73 Å². The van der Waals surface area contributed by atoms with Crippen molar-refractivity contribution in [3.63, 3.8) is 0 Å². The average Bonchev–Trinajstić information content (AvgIpc) is 3.11. The zero-order chi connectivity index (χ0) is 13.2. The number of hydrogen-bond acceptors (Lipinski definition) is 7. The fraction of sp³-hybridized carbons (Fsp3) is 0.273. The van der Waals surface area contributed by atoms with E-state index in [4.69, 9.17) is 10.2 Å². The normalized spacial score (nSPS) is 11.0. The Labute approximate surface area is 113 Å². The first kappa shape index (κ1) is 11.8. The van der Waals surface area contributed by atoms with Gasteiger partial charge in [-0.25, -0.2) is 4.68 Å². The molecule has 0 aliphatic heterocycles. The Morgan fingerprint density at radius 3 is 3.00 bits per heavy atom. The van der Waals surface area contributed by atoms with E-state index in [1.54, 1.807) is 16.0 Å². The Morgan fingerprint density at radius 2 is 2.26 bits per heavy atom. The highest BCUT2D eigenvalue weighted by Crippen LogP contribution is 2.23. The smallest absolute Gasteiger partial charge is 0.257 e. The maximum absolute atomic E-state index is 5.73. The average molecular weight is 276 g/mol. The predicted molar refractivity (Wildman–Crippen MR) is 70.5 cm³/mol. The monoisotopic (exact) mass is 276 g/mol. The lowest BCUT2D eigenvalue weighted by molar-refractivity contribution is 0.464. The van der Waals surface area contributed by atoms with Gasteiger partial charge in [-0.05, 0) is 17.9 Å². The highest BCUT2D eigenvalue weighted by molar-refractivity contribution is 7.13. The Balaban J connectivity index is 1.84. The van der Waals surface area contributed by atoms with E-state index >= 15 is 0 Å². The first-order valence-electron chi connectivity index (χ1n) is 5.82. The number of nitrogens with two attached hydrogens (primary N) is 1. The van der Waals surface area contributed by atoms with E-state index in [1.807, 2.05) is 24.4 Å². The van der Waals surface area contributed by atoms with Crippen LogP contribution in [-0.4, -0.2) is 25.2 Å². The predicted octanol–water partition coefficient (Wildman–Crippen LogP) is 1.58. The third-order valence-electron chi connectivity index (χ3n) is 2.69. The Kier molecular flexibility index (Phi) is 3.00. The van der Waals surface area contributed by atoms with E-state index in [1.165, 1.54) is 0 Å². The molecule has 3 aromatic heterocycles. The van der Waals surface area contributed by atoms with Gasteiger partial charge in [-0.1, -0.05) is 18.2 Å². The third-order valence-corrected chi connectivity index (χ3v) is 3.54. The van der Waals surface area contributed by atoms with Gasteiger partial charge in [0.15, 0.2) is 5.82 Å². The van der Waals surface area contributed by atoms with Crippen LogP contribution in [0, 0.1) is 0 Å². The van der Waals surface area contributed by atoms with Gasteiger partial charge in [0.25, 0.3) is 5.89 Å². The number of nitrogens with zero attached hydrogens (tertiary/aromatic N) is 5. The summed E-state index contributed by atoms with van der Waals surface area (Å²) >= 11 is 1.56. The summed E-state index contributed by atoms with van der Waals surface area (Å²) in [4.78, 5) is 0.951. The van der Waals surface area contributed by atoms with Gasteiger partial charge in [0.05, 0.1) is 10.6 Å². The molecule has 0 saturated carbocycles. The second-order valence-electron chi connectivity index (χ2n) is 3.91. The van der Waals surface area contributed by atoms with Crippen LogP contribution in [0.4, 0.5) is 5.82 Å². The van der Waals surface area contributed by atoms with Gasteiger partial charge in [-0.15, -0.1) is 26.6 Å². The van der Waals surface area contributed by atoms with E-state index < -0.39 is 0 Å². The highest BCUT2D eigenvalue weighted by atomic mass is 32.1. The van der Waals surface area contributed by atoms with Crippen LogP contribution >= 0.6 is 11.3 Å². The van der Waals surface area contributed by atoms with Crippen molar-refractivity contribution in [2.45, 2.75) is 19.9 Å². The van der Waals surface area contributed by atoms with Crippen molar-refractivity contribution >= 4 is 17.2 Å². The molecule has 2 N–H and O–H groups in total. The highest BCUT2D eigenvalue weighted by Gasteiger charge is 2.13. The molecule has 19 heavy (non-hydrogen) atoms. The number of anilines is 1. The molecule has 0 spiro atoms. The molecule has 0 atom stereocenters. The fourth-order valence-electron chi connectivity index (χ4n) is 1.78. The van der Waals surface area contributed by atoms with Gasteiger partial charge >= 0.3 is 0 Å². The lowest BCUT2D eigenvalue weighted by Gasteiger charge is -2.00. The maximum Gasteiger partial charge on any atom is 0.257 e. The fourth-order valence-corrected chi connectivity index (χ4v) is 2.43. The second kappa shape index (κ2) is 4.81. The minimum atomic E-state index is 0.381. The lowest BCUT2D eigenvalue weighted by Crippen LogP contribution is -2.07. The van der Waals surface area contributed by atoms with Crippen LogP contribution in [-0.2, 0) is 13.0 Å². The molecule has 7 nitrogen and oxygen atoms in total. The van der Waals surface area contributed by atoms with E-state index in [-0.39, 0.29) is 0 Å². The summed E-state index contributed by atoms with van der Waals surface area (Å²) in [5, 5.41) is 17.8. The second-order valence-corrected chi connectivity index (χ2v) is 4.86. The summed E-state index contributed by atoms with van der Waals surface area (Å²) < 4.78 is 7.28. The molecule has 98 valence electrons. The van der Waals surface area contributed by atoms with Crippen molar-refractivity contribution in [1.29, 1.82) is 0 Å². The summed E-state index contributed by atoms with van der Waals surface area (Å²) in [5.74, 6) is 1.46. The van der Waals surface area contributed by atoms with Gasteiger partial charge in [0.2, 0.25) is 5.89 Å². The maximum atomic E-state index is 5.73. The molecule has 0 amide bonds. The van der Waals surface area contributed by atoms with Crippen molar-refractivity contribution in [1.82, 2.24) is 25.2 Å². The molecule has 0 aliphatic carbocycles. The zero-order valence-electron chi connectivity index (χ0n) is 10.3. The van der Waals surface area contributed by atoms with Gasteiger partial charge in [0, 0.05) is 0 Å². The quantitative estimate of drug-likeness (QED) is 0.777.